The summed E-state index contributed by atoms with van der Waals surface area (Å²) < 4.78 is 5.43. The molecule has 2 unspecified atom stereocenters. The average molecular weight is 326 g/mol. The van der Waals surface area contributed by atoms with Gasteiger partial charge in [0.15, 0.2) is 0 Å². The number of carbonyl (C=O) groups is 1. The third kappa shape index (κ3) is 4.26. The first-order chi connectivity index (χ1) is 11.7. The molecule has 4 nitrogen and oxygen atoms in total. The molecule has 2 aromatic rings. The second-order valence-corrected chi connectivity index (χ2v) is 6.64. The Morgan fingerprint density at radius 2 is 1.96 bits per heavy atom. The predicted molar refractivity (Wildman–Crippen MR) is 95.8 cm³/mol. The van der Waals surface area contributed by atoms with Crippen molar-refractivity contribution in [2.45, 2.75) is 45.2 Å². The van der Waals surface area contributed by atoms with Crippen LogP contribution in [-0.2, 0) is 11.3 Å². The van der Waals surface area contributed by atoms with E-state index in [2.05, 4.69) is 12.2 Å². The third-order valence-corrected chi connectivity index (χ3v) is 4.89. The van der Waals surface area contributed by atoms with Crippen molar-refractivity contribution < 1.29 is 9.21 Å². The highest BCUT2D eigenvalue weighted by Gasteiger charge is 2.23. The van der Waals surface area contributed by atoms with Gasteiger partial charge in [-0.15, -0.1) is 0 Å². The lowest BCUT2D eigenvalue weighted by Crippen LogP contribution is -2.44. The number of benzene rings is 1. The summed E-state index contributed by atoms with van der Waals surface area (Å²) in [7, 11) is 0. The van der Waals surface area contributed by atoms with Crippen LogP contribution in [0.2, 0.25) is 0 Å². The minimum Gasteiger partial charge on any atom is -0.467 e. The van der Waals surface area contributed by atoms with Crippen molar-refractivity contribution in [1.29, 1.82) is 0 Å². The molecule has 1 fully saturated rings. The van der Waals surface area contributed by atoms with E-state index in [0.29, 0.717) is 25.0 Å². The standard InChI is InChI=1S/C20H26N2O2/c1-16-8-5-6-12-19(16)21-14-20(23)22(15-18-11-7-13-24-18)17-9-3-2-4-10-17/h2-4,7,9-11,13,16,19,21H,5-6,8,12,14-15H2,1H3. The summed E-state index contributed by atoms with van der Waals surface area (Å²) in [6.07, 6.45) is 6.62. The fourth-order valence-corrected chi connectivity index (χ4v) is 3.42. The van der Waals surface area contributed by atoms with Crippen molar-refractivity contribution >= 4 is 11.6 Å². The zero-order valence-corrected chi connectivity index (χ0v) is 14.3. The Bertz CT molecular complexity index is 624. The van der Waals surface area contributed by atoms with Gasteiger partial charge in [-0.1, -0.05) is 38.0 Å². The van der Waals surface area contributed by atoms with Crippen molar-refractivity contribution in [3.8, 4) is 0 Å². The minimum atomic E-state index is 0.0790. The number of carbonyl (C=O) groups excluding carboxylic acids is 1. The number of furan rings is 1. The molecule has 2 atom stereocenters. The Morgan fingerprint density at radius 1 is 1.17 bits per heavy atom. The summed E-state index contributed by atoms with van der Waals surface area (Å²) in [6.45, 7) is 3.10. The molecular weight excluding hydrogens is 300 g/mol. The van der Waals surface area contributed by atoms with Gasteiger partial charge in [-0.3, -0.25) is 4.79 Å². The lowest BCUT2D eigenvalue weighted by atomic mass is 9.86. The smallest absolute Gasteiger partial charge is 0.241 e. The first-order valence-electron chi connectivity index (χ1n) is 8.85. The van der Waals surface area contributed by atoms with Crippen molar-refractivity contribution in [3.63, 3.8) is 0 Å². The Hall–Kier alpha value is -2.07. The molecule has 128 valence electrons. The van der Waals surface area contributed by atoms with Crippen LogP contribution in [0.25, 0.3) is 0 Å². The summed E-state index contributed by atoms with van der Waals surface area (Å²) in [6, 6.07) is 14.0. The van der Waals surface area contributed by atoms with Gasteiger partial charge in [0, 0.05) is 11.7 Å². The van der Waals surface area contributed by atoms with Gasteiger partial charge in [0.2, 0.25) is 5.91 Å². The number of nitrogens with one attached hydrogen (secondary N) is 1. The number of anilines is 1. The second-order valence-electron chi connectivity index (χ2n) is 6.64. The van der Waals surface area contributed by atoms with Crippen LogP contribution in [0.1, 0.15) is 38.4 Å². The van der Waals surface area contributed by atoms with E-state index in [1.807, 2.05) is 42.5 Å². The van der Waals surface area contributed by atoms with Crippen molar-refractivity contribution in [2.75, 3.05) is 11.4 Å². The summed E-state index contributed by atoms with van der Waals surface area (Å²) in [5, 5.41) is 3.48. The Morgan fingerprint density at radius 3 is 2.67 bits per heavy atom. The number of hydrogen-bond acceptors (Lipinski definition) is 3. The molecule has 24 heavy (non-hydrogen) atoms. The van der Waals surface area contributed by atoms with Crippen LogP contribution in [-0.4, -0.2) is 18.5 Å². The van der Waals surface area contributed by atoms with Gasteiger partial charge in [-0.25, -0.2) is 0 Å². The molecule has 1 saturated carbocycles. The maximum Gasteiger partial charge on any atom is 0.241 e. The highest BCUT2D eigenvalue weighted by atomic mass is 16.3. The van der Waals surface area contributed by atoms with Crippen LogP contribution in [0.15, 0.2) is 53.1 Å². The minimum absolute atomic E-state index is 0.0790. The normalized spacial score (nSPS) is 20.7. The van der Waals surface area contributed by atoms with Crippen molar-refractivity contribution in [1.82, 2.24) is 5.32 Å². The molecule has 1 aliphatic rings. The maximum atomic E-state index is 12.8. The monoisotopic (exact) mass is 326 g/mol. The Labute approximate surface area is 143 Å². The zero-order chi connectivity index (χ0) is 16.8. The molecule has 0 aliphatic heterocycles. The molecule has 1 aromatic carbocycles. The average Bonchev–Trinajstić information content (AvgIpc) is 3.13. The first-order valence-corrected chi connectivity index (χ1v) is 8.85. The van der Waals surface area contributed by atoms with Gasteiger partial charge in [0.1, 0.15) is 5.76 Å². The summed E-state index contributed by atoms with van der Waals surface area (Å²) >= 11 is 0. The van der Waals surface area contributed by atoms with Crippen LogP contribution in [0.5, 0.6) is 0 Å². The molecular formula is C20H26N2O2. The van der Waals surface area contributed by atoms with Crippen LogP contribution < -0.4 is 10.2 Å². The third-order valence-electron chi connectivity index (χ3n) is 4.89. The van der Waals surface area contributed by atoms with Crippen molar-refractivity contribution in [3.05, 3.63) is 54.5 Å². The Balaban J connectivity index is 1.66. The number of amides is 1. The molecule has 1 N–H and O–H groups in total. The molecule has 1 amide bonds. The highest BCUT2D eigenvalue weighted by Crippen LogP contribution is 2.24. The van der Waals surface area contributed by atoms with Crippen molar-refractivity contribution in [2.24, 2.45) is 5.92 Å². The molecule has 0 bridgehead atoms. The quantitative estimate of drug-likeness (QED) is 0.873. The first kappa shape index (κ1) is 16.8. The van der Waals surface area contributed by atoms with E-state index in [1.54, 1.807) is 11.2 Å². The van der Waals surface area contributed by atoms with E-state index in [0.717, 1.165) is 17.9 Å². The van der Waals surface area contributed by atoms with Gasteiger partial charge in [0.25, 0.3) is 0 Å². The molecule has 4 heteroatoms. The highest BCUT2D eigenvalue weighted by molar-refractivity contribution is 5.94. The lowest BCUT2D eigenvalue weighted by molar-refractivity contribution is -0.118. The van der Waals surface area contributed by atoms with Gasteiger partial charge in [0.05, 0.1) is 19.4 Å². The van der Waals surface area contributed by atoms with E-state index in [4.69, 9.17) is 4.42 Å². The molecule has 1 aliphatic carbocycles. The Kier molecular flexibility index (Phi) is 5.70. The number of nitrogens with zero attached hydrogens (tertiary/aromatic N) is 1. The van der Waals surface area contributed by atoms with E-state index >= 15 is 0 Å². The van der Waals surface area contributed by atoms with E-state index in [-0.39, 0.29) is 5.91 Å². The van der Waals surface area contributed by atoms with Gasteiger partial charge >= 0.3 is 0 Å². The van der Waals surface area contributed by atoms with Gasteiger partial charge in [-0.2, -0.15) is 0 Å². The molecule has 0 spiro atoms. The summed E-state index contributed by atoms with van der Waals surface area (Å²) in [5.74, 6) is 1.51. The molecule has 3 rings (SSSR count). The molecule has 0 saturated heterocycles. The van der Waals surface area contributed by atoms with E-state index in [9.17, 15) is 4.79 Å². The van der Waals surface area contributed by atoms with Gasteiger partial charge < -0.3 is 14.6 Å². The fraction of sp³-hybridized carbons (Fsp3) is 0.450. The molecule has 1 aromatic heterocycles. The predicted octanol–water partition coefficient (Wildman–Crippen LogP) is 3.98. The maximum absolute atomic E-state index is 12.8. The number of para-hydroxylation sites is 1. The SMILES string of the molecule is CC1CCCCC1NCC(=O)N(Cc1ccco1)c1ccccc1. The van der Waals surface area contributed by atoms with Crippen LogP contribution in [0, 0.1) is 5.92 Å². The lowest BCUT2D eigenvalue weighted by Gasteiger charge is -2.30. The summed E-state index contributed by atoms with van der Waals surface area (Å²) in [5.41, 5.74) is 0.900. The van der Waals surface area contributed by atoms with Crippen LogP contribution in [0.3, 0.4) is 0 Å². The largest absolute Gasteiger partial charge is 0.467 e. The topological polar surface area (TPSA) is 45.5 Å². The number of rotatable bonds is 6. The van der Waals surface area contributed by atoms with Crippen LogP contribution in [0.4, 0.5) is 5.69 Å². The number of hydrogen-bond donors (Lipinski definition) is 1. The van der Waals surface area contributed by atoms with Crippen LogP contribution >= 0.6 is 0 Å². The summed E-state index contributed by atoms with van der Waals surface area (Å²) in [4.78, 5) is 14.6. The van der Waals surface area contributed by atoms with E-state index in [1.165, 1.54) is 19.3 Å². The second kappa shape index (κ2) is 8.15. The zero-order valence-electron chi connectivity index (χ0n) is 14.3. The van der Waals surface area contributed by atoms with E-state index < -0.39 is 0 Å². The van der Waals surface area contributed by atoms with Gasteiger partial charge in [-0.05, 0) is 43.0 Å². The molecule has 0 radical (unpaired) electrons. The molecule has 1 heterocycles. The fourth-order valence-electron chi connectivity index (χ4n) is 3.42.